The zero-order valence-corrected chi connectivity index (χ0v) is 24.8. The minimum atomic E-state index is -1.19. The van der Waals surface area contributed by atoms with Crippen LogP contribution in [0, 0.1) is 5.92 Å². The molecule has 0 aromatic carbocycles. The predicted octanol–water partition coefficient (Wildman–Crippen LogP) is 1.25. The number of carbonyl (C=O) groups is 2. The van der Waals surface area contributed by atoms with Crippen LogP contribution in [0.25, 0.3) is 0 Å². The molecule has 7 atom stereocenters. The fraction of sp³-hybridized carbons (Fsp3) is 0.867. The standard InChI is InChI=1S/C30H51FN6O3/c1-34(2)13-7-6-11-33-30(39)22-20-37-24-9-4-5-10-25(24)40-29-26(23(31)19-21(27(29)37)28(22)38)32-12-8-14-36-17-15-35(3)16-18-36/h20-21,23-27,29,32H,4-19H2,1-3H3,(H,33,39). The van der Waals surface area contributed by atoms with E-state index in [1.807, 2.05) is 20.3 Å². The van der Waals surface area contributed by atoms with Crippen LogP contribution in [0.1, 0.15) is 51.4 Å². The molecule has 0 aromatic heterocycles. The van der Waals surface area contributed by atoms with Gasteiger partial charge in [0.15, 0.2) is 5.78 Å². The minimum absolute atomic E-state index is 0.00962. The zero-order chi connectivity index (χ0) is 28.2. The molecular weight excluding hydrogens is 511 g/mol. The molecule has 5 rings (SSSR count). The number of fused-ring (bicyclic) bond motifs is 2. The Bertz CT molecular complexity index is 910. The largest absolute Gasteiger partial charge is 0.369 e. The van der Waals surface area contributed by atoms with Crippen molar-refractivity contribution >= 4 is 11.7 Å². The number of carbonyl (C=O) groups excluding carboxylic acids is 2. The van der Waals surface area contributed by atoms with E-state index in [1.54, 1.807) is 0 Å². The van der Waals surface area contributed by atoms with Crippen LogP contribution < -0.4 is 10.6 Å². The molecule has 0 spiro atoms. The molecule has 2 N–H and O–H groups in total. The molecule has 3 heterocycles. The molecule has 9 nitrogen and oxygen atoms in total. The highest BCUT2D eigenvalue weighted by molar-refractivity contribution is 6.20. The molecule has 3 aliphatic heterocycles. The Balaban J connectivity index is 1.25. The van der Waals surface area contributed by atoms with Crippen molar-refractivity contribution in [2.45, 2.75) is 87.9 Å². The highest BCUT2D eigenvalue weighted by atomic mass is 19.1. The van der Waals surface area contributed by atoms with Gasteiger partial charge in [0.25, 0.3) is 5.91 Å². The maximum absolute atomic E-state index is 15.9. The maximum Gasteiger partial charge on any atom is 0.256 e. The van der Waals surface area contributed by atoms with Gasteiger partial charge in [-0.1, -0.05) is 12.8 Å². The van der Waals surface area contributed by atoms with E-state index in [2.05, 4.69) is 37.3 Å². The van der Waals surface area contributed by atoms with Crippen molar-refractivity contribution in [3.63, 3.8) is 0 Å². The SMILES string of the molecule is CN(C)CCCCNC(=O)C1=CN2C3CCCCC3OC3C(NCCCN4CCN(C)CC4)C(F)CC(C1=O)C32. The normalized spacial score (nSPS) is 34.8. The van der Waals surface area contributed by atoms with Gasteiger partial charge in [0, 0.05) is 44.8 Å². The number of ketones is 1. The summed E-state index contributed by atoms with van der Waals surface area (Å²) < 4.78 is 22.5. The van der Waals surface area contributed by atoms with Crippen molar-refractivity contribution < 1.29 is 18.7 Å². The van der Waals surface area contributed by atoms with Gasteiger partial charge in [0.1, 0.15) is 6.17 Å². The second-order valence-corrected chi connectivity index (χ2v) is 12.9. The number of hydrogen-bond acceptors (Lipinski definition) is 8. The summed E-state index contributed by atoms with van der Waals surface area (Å²) in [6, 6.07) is -0.513. The van der Waals surface area contributed by atoms with Crippen LogP contribution >= 0.6 is 0 Å². The van der Waals surface area contributed by atoms with E-state index >= 15 is 4.39 Å². The lowest BCUT2D eigenvalue weighted by Gasteiger charge is -2.59. The number of halogens is 1. The van der Waals surface area contributed by atoms with Crippen molar-refractivity contribution in [1.82, 2.24) is 30.2 Å². The molecule has 40 heavy (non-hydrogen) atoms. The molecule has 0 bridgehead atoms. The third kappa shape index (κ3) is 6.72. The molecule has 7 unspecified atom stereocenters. The van der Waals surface area contributed by atoms with Gasteiger partial charge < -0.3 is 35.0 Å². The lowest BCUT2D eigenvalue weighted by Crippen LogP contribution is -2.72. The summed E-state index contributed by atoms with van der Waals surface area (Å²) in [4.78, 5) is 36.1. The van der Waals surface area contributed by atoms with E-state index in [1.165, 1.54) is 0 Å². The zero-order valence-electron chi connectivity index (χ0n) is 24.8. The Kier molecular flexibility index (Phi) is 10.2. The van der Waals surface area contributed by atoms with Gasteiger partial charge >= 0.3 is 0 Å². The number of likely N-dealkylation sites (N-methyl/N-ethyl adjacent to an activating group) is 1. The Labute approximate surface area is 239 Å². The number of piperazine rings is 1. The quantitative estimate of drug-likeness (QED) is 0.288. The Morgan fingerprint density at radius 2 is 1.88 bits per heavy atom. The third-order valence-corrected chi connectivity index (χ3v) is 9.77. The molecule has 2 aliphatic carbocycles. The minimum Gasteiger partial charge on any atom is -0.369 e. The summed E-state index contributed by atoms with van der Waals surface area (Å²) in [5.74, 6) is -1.08. The van der Waals surface area contributed by atoms with Crippen LogP contribution in [0.15, 0.2) is 11.8 Å². The molecule has 10 heteroatoms. The van der Waals surface area contributed by atoms with Gasteiger partial charge in [0.05, 0.1) is 35.9 Å². The first-order valence-electron chi connectivity index (χ1n) is 15.7. The first kappa shape index (κ1) is 29.9. The summed E-state index contributed by atoms with van der Waals surface area (Å²) in [7, 11) is 6.23. The number of alkyl halides is 1. The number of ether oxygens (including phenoxy) is 1. The van der Waals surface area contributed by atoms with Gasteiger partial charge in [-0.15, -0.1) is 0 Å². The number of hydrogen-bond donors (Lipinski definition) is 2. The fourth-order valence-corrected chi connectivity index (χ4v) is 7.48. The monoisotopic (exact) mass is 562 g/mol. The maximum atomic E-state index is 15.9. The molecule has 5 aliphatic rings. The van der Waals surface area contributed by atoms with Crippen LogP contribution in [-0.4, -0.2) is 141 Å². The Hall–Kier alpha value is -1.59. The summed E-state index contributed by atoms with van der Waals surface area (Å²) in [6.45, 7) is 7.59. The van der Waals surface area contributed by atoms with Crippen molar-refractivity contribution in [3.8, 4) is 0 Å². The van der Waals surface area contributed by atoms with Crippen molar-refractivity contribution in [1.29, 1.82) is 0 Å². The molecule has 0 aromatic rings. The molecule has 226 valence electrons. The van der Waals surface area contributed by atoms with Crippen LogP contribution in [0.3, 0.4) is 0 Å². The fourth-order valence-electron chi connectivity index (χ4n) is 7.48. The highest BCUT2D eigenvalue weighted by Gasteiger charge is 2.58. The number of morpholine rings is 1. The molecule has 4 fully saturated rings. The van der Waals surface area contributed by atoms with Crippen LogP contribution in [-0.2, 0) is 14.3 Å². The average molecular weight is 563 g/mol. The van der Waals surface area contributed by atoms with Gasteiger partial charge in [-0.25, -0.2) is 4.39 Å². The van der Waals surface area contributed by atoms with E-state index in [9.17, 15) is 9.59 Å². The van der Waals surface area contributed by atoms with Crippen molar-refractivity contribution in [2.24, 2.45) is 5.92 Å². The second kappa shape index (κ2) is 13.6. The van der Waals surface area contributed by atoms with Crippen LogP contribution in [0.2, 0.25) is 0 Å². The third-order valence-electron chi connectivity index (χ3n) is 9.77. The number of nitrogens with one attached hydrogen (secondary N) is 2. The lowest BCUT2D eigenvalue weighted by molar-refractivity contribution is -0.197. The summed E-state index contributed by atoms with van der Waals surface area (Å²) >= 11 is 0. The average Bonchev–Trinajstić information content (AvgIpc) is 2.94. The molecule has 2 saturated carbocycles. The van der Waals surface area contributed by atoms with E-state index in [0.29, 0.717) is 6.54 Å². The van der Waals surface area contributed by atoms with E-state index in [-0.39, 0.29) is 41.9 Å². The first-order chi connectivity index (χ1) is 19.3. The number of unbranched alkanes of at least 4 members (excludes halogenated alkanes) is 1. The van der Waals surface area contributed by atoms with Crippen molar-refractivity contribution in [3.05, 3.63) is 11.8 Å². The van der Waals surface area contributed by atoms with Gasteiger partial charge in [0.2, 0.25) is 0 Å². The summed E-state index contributed by atoms with van der Waals surface area (Å²) in [5.41, 5.74) is 0.199. The topological polar surface area (TPSA) is 80.4 Å². The number of nitrogens with zero attached hydrogens (tertiary/aromatic N) is 4. The highest BCUT2D eigenvalue weighted by Crippen LogP contribution is 2.45. The Morgan fingerprint density at radius 3 is 2.65 bits per heavy atom. The number of amides is 1. The van der Waals surface area contributed by atoms with Crippen LogP contribution in [0.4, 0.5) is 4.39 Å². The first-order valence-corrected chi connectivity index (χ1v) is 15.7. The summed E-state index contributed by atoms with van der Waals surface area (Å²) in [5, 5.41) is 6.49. The lowest BCUT2D eigenvalue weighted by atomic mass is 9.69. The summed E-state index contributed by atoms with van der Waals surface area (Å²) in [6.07, 6.45) is 7.31. The predicted molar refractivity (Wildman–Crippen MR) is 154 cm³/mol. The molecule has 2 saturated heterocycles. The van der Waals surface area contributed by atoms with E-state index in [0.717, 1.165) is 90.8 Å². The Morgan fingerprint density at radius 1 is 1.10 bits per heavy atom. The smallest absolute Gasteiger partial charge is 0.256 e. The second-order valence-electron chi connectivity index (χ2n) is 12.9. The van der Waals surface area contributed by atoms with Crippen LogP contribution in [0.5, 0.6) is 0 Å². The van der Waals surface area contributed by atoms with Crippen molar-refractivity contribution in [2.75, 3.05) is 73.5 Å². The number of Topliss-reactive ketones (excluding diaryl/α,β-unsaturated/α-hetero) is 1. The van der Waals surface area contributed by atoms with Gasteiger partial charge in [-0.3, -0.25) is 9.59 Å². The molecular formula is C30H51FN6O3. The van der Waals surface area contributed by atoms with Gasteiger partial charge in [-0.2, -0.15) is 0 Å². The number of rotatable bonds is 11. The molecule has 1 amide bonds. The molecule has 0 radical (unpaired) electrons. The van der Waals surface area contributed by atoms with E-state index < -0.39 is 24.2 Å². The van der Waals surface area contributed by atoms with E-state index in [4.69, 9.17) is 4.74 Å². The van der Waals surface area contributed by atoms with Gasteiger partial charge in [-0.05, 0) is 79.3 Å².